The molecule has 0 saturated carbocycles. The molecule has 0 fully saturated rings. The molecule has 0 radical (unpaired) electrons. The molecule has 0 unspecified atom stereocenters. The molecule has 6 heteroatoms. The lowest BCUT2D eigenvalue weighted by molar-refractivity contribution is -0.129. The first-order chi connectivity index (χ1) is 12.5. The summed E-state index contributed by atoms with van der Waals surface area (Å²) in [5.74, 6) is 0.416. The van der Waals surface area contributed by atoms with E-state index in [1.165, 1.54) is 6.92 Å². The molecule has 0 aliphatic rings. The molecule has 1 N–H and O–H groups in total. The van der Waals surface area contributed by atoms with E-state index in [4.69, 9.17) is 16.3 Å². The number of halogens is 1. The monoisotopic (exact) mass is 374 g/mol. The summed E-state index contributed by atoms with van der Waals surface area (Å²) in [7, 11) is 0. The van der Waals surface area contributed by atoms with E-state index in [9.17, 15) is 9.59 Å². The fraction of sp³-hybridized carbons (Fsp3) is 0.300. The molecule has 0 atom stereocenters. The third kappa shape index (κ3) is 7.15. The standard InChI is InChI=1S/C20H23ClN2O3/c1-16(24)23(13-11-17-7-9-18(21)10-8-17)14-12-22-20(25)15-26-19-5-3-2-4-6-19/h2-10H,11-15H2,1H3,(H,22,25). The predicted octanol–water partition coefficient (Wildman–Crippen LogP) is 2.93. The van der Waals surface area contributed by atoms with E-state index in [1.54, 1.807) is 17.0 Å². The maximum atomic E-state index is 11.8. The van der Waals surface area contributed by atoms with Crippen LogP contribution in [-0.4, -0.2) is 43.0 Å². The molecule has 0 aromatic heterocycles. The topological polar surface area (TPSA) is 58.6 Å². The van der Waals surface area contributed by atoms with Crippen LogP contribution in [0.15, 0.2) is 54.6 Å². The summed E-state index contributed by atoms with van der Waals surface area (Å²) in [4.78, 5) is 25.3. The molecule has 2 rings (SSSR count). The second-order valence-electron chi connectivity index (χ2n) is 5.83. The SMILES string of the molecule is CC(=O)N(CCNC(=O)COc1ccccc1)CCc1ccc(Cl)cc1. The number of rotatable bonds is 9. The van der Waals surface area contributed by atoms with Crippen LogP contribution in [0, 0.1) is 0 Å². The maximum absolute atomic E-state index is 11.8. The van der Waals surface area contributed by atoms with Crippen molar-refractivity contribution in [2.75, 3.05) is 26.2 Å². The summed E-state index contributed by atoms with van der Waals surface area (Å²) in [5.41, 5.74) is 1.11. The minimum atomic E-state index is -0.213. The highest BCUT2D eigenvalue weighted by atomic mass is 35.5. The number of carbonyl (C=O) groups is 2. The Hall–Kier alpha value is -2.53. The Morgan fingerprint density at radius 3 is 2.38 bits per heavy atom. The van der Waals surface area contributed by atoms with Crippen molar-refractivity contribution in [2.45, 2.75) is 13.3 Å². The van der Waals surface area contributed by atoms with E-state index < -0.39 is 0 Å². The normalized spacial score (nSPS) is 10.2. The largest absolute Gasteiger partial charge is 0.484 e. The van der Waals surface area contributed by atoms with Crippen LogP contribution in [0.5, 0.6) is 5.75 Å². The molecule has 2 aromatic carbocycles. The number of hydrogen-bond acceptors (Lipinski definition) is 3. The van der Waals surface area contributed by atoms with Crippen molar-refractivity contribution in [1.29, 1.82) is 0 Å². The van der Waals surface area contributed by atoms with Crippen molar-refractivity contribution in [3.63, 3.8) is 0 Å². The van der Waals surface area contributed by atoms with Crippen molar-refractivity contribution in [3.8, 4) is 5.75 Å². The highest BCUT2D eigenvalue weighted by molar-refractivity contribution is 6.30. The van der Waals surface area contributed by atoms with Gasteiger partial charge in [0.05, 0.1) is 0 Å². The molecular weight excluding hydrogens is 352 g/mol. The lowest BCUT2D eigenvalue weighted by Gasteiger charge is -2.21. The molecule has 0 aliphatic heterocycles. The summed E-state index contributed by atoms with van der Waals surface area (Å²) >= 11 is 5.87. The van der Waals surface area contributed by atoms with Gasteiger partial charge in [-0.15, -0.1) is 0 Å². The zero-order chi connectivity index (χ0) is 18.8. The first-order valence-electron chi connectivity index (χ1n) is 8.49. The number of nitrogens with one attached hydrogen (secondary N) is 1. The third-order valence-electron chi connectivity index (χ3n) is 3.85. The molecule has 5 nitrogen and oxygen atoms in total. The number of nitrogens with zero attached hydrogens (tertiary/aromatic N) is 1. The zero-order valence-electron chi connectivity index (χ0n) is 14.8. The van der Waals surface area contributed by atoms with Crippen LogP contribution < -0.4 is 10.1 Å². The van der Waals surface area contributed by atoms with Crippen LogP contribution in [0.1, 0.15) is 12.5 Å². The maximum Gasteiger partial charge on any atom is 0.258 e. The van der Waals surface area contributed by atoms with E-state index in [2.05, 4.69) is 5.32 Å². The second-order valence-corrected chi connectivity index (χ2v) is 6.27. The van der Waals surface area contributed by atoms with Gasteiger partial charge in [-0.2, -0.15) is 0 Å². The number of ether oxygens (including phenoxy) is 1. The summed E-state index contributed by atoms with van der Waals surface area (Å²) in [5, 5.41) is 3.46. The summed E-state index contributed by atoms with van der Waals surface area (Å²) in [6, 6.07) is 16.7. The van der Waals surface area contributed by atoms with Gasteiger partial charge in [-0.1, -0.05) is 41.9 Å². The molecule has 0 bridgehead atoms. The molecule has 2 amide bonds. The number of amides is 2. The molecule has 0 heterocycles. The zero-order valence-corrected chi connectivity index (χ0v) is 15.5. The van der Waals surface area contributed by atoms with Gasteiger partial charge in [0, 0.05) is 31.6 Å². The number of para-hydroxylation sites is 1. The average molecular weight is 375 g/mol. The van der Waals surface area contributed by atoms with Crippen molar-refractivity contribution in [3.05, 3.63) is 65.2 Å². The number of hydrogen-bond donors (Lipinski definition) is 1. The summed E-state index contributed by atoms with van der Waals surface area (Å²) in [6.45, 7) is 2.92. The second kappa shape index (κ2) is 10.5. The molecule has 0 aliphatic carbocycles. The lowest BCUT2D eigenvalue weighted by atomic mass is 10.1. The third-order valence-corrected chi connectivity index (χ3v) is 4.10. The highest BCUT2D eigenvalue weighted by Gasteiger charge is 2.10. The van der Waals surface area contributed by atoms with Gasteiger partial charge in [0.2, 0.25) is 5.91 Å². The average Bonchev–Trinajstić information content (AvgIpc) is 2.64. The Bertz CT molecular complexity index is 705. The fourth-order valence-corrected chi connectivity index (χ4v) is 2.51. The first-order valence-corrected chi connectivity index (χ1v) is 8.87. The Labute approximate surface area is 158 Å². The van der Waals surface area contributed by atoms with Crippen molar-refractivity contribution < 1.29 is 14.3 Å². The van der Waals surface area contributed by atoms with Crippen LogP contribution in [0.4, 0.5) is 0 Å². The van der Waals surface area contributed by atoms with E-state index in [0.717, 1.165) is 12.0 Å². The van der Waals surface area contributed by atoms with Gasteiger partial charge in [0.25, 0.3) is 5.91 Å². The lowest BCUT2D eigenvalue weighted by Crippen LogP contribution is -2.39. The molecular formula is C20H23ClN2O3. The smallest absolute Gasteiger partial charge is 0.258 e. The van der Waals surface area contributed by atoms with Gasteiger partial charge in [-0.05, 0) is 36.2 Å². The van der Waals surface area contributed by atoms with E-state index in [0.29, 0.717) is 30.4 Å². The van der Waals surface area contributed by atoms with Gasteiger partial charge in [0.1, 0.15) is 5.75 Å². The first kappa shape index (κ1) is 19.8. The number of carbonyl (C=O) groups excluding carboxylic acids is 2. The van der Waals surface area contributed by atoms with Gasteiger partial charge < -0.3 is 15.0 Å². The van der Waals surface area contributed by atoms with Crippen molar-refractivity contribution >= 4 is 23.4 Å². The molecule has 2 aromatic rings. The Morgan fingerprint density at radius 1 is 1.04 bits per heavy atom. The van der Waals surface area contributed by atoms with Crippen LogP contribution in [0.3, 0.4) is 0 Å². The minimum absolute atomic E-state index is 0.0197. The predicted molar refractivity (Wildman–Crippen MR) is 102 cm³/mol. The quantitative estimate of drug-likeness (QED) is 0.734. The van der Waals surface area contributed by atoms with Crippen LogP contribution in [0.25, 0.3) is 0 Å². The number of benzene rings is 2. The Morgan fingerprint density at radius 2 is 1.73 bits per heavy atom. The van der Waals surface area contributed by atoms with E-state index in [1.807, 2.05) is 42.5 Å². The summed E-state index contributed by atoms with van der Waals surface area (Å²) in [6.07, 6.45) is 0.738. The minimum Gasteiger partial charge on any atom is -0.484 e. The molecule has 0 saturated heterocycles. The van der Waals surface area contributed by atoms with E-state index in [-0.39, 0.29) is 18.4 Å². The van der Waals surface area contributed by atoms with Gasteiger partial charge in [0.15, 0.2) is 6.61 Å². The summed E-state index contributed by atoms with van der Waals surface area (Å²) < 4.78 is 5.38. The fourth-order valence-electron chi connectivity index (χ4n) is 2.39. The molecule has 26 heavy (non-hydrogen) atoms. The molecule has 0 spiro atoms. The van der Waals surface area contributed by atoms with Crippen molar-refractivity contribution in [1.82, 2.24) is 10.2 Å². The molecule has 138 valence electrons. The Kier molecular flexibility index (Phi) is 7.96. The van der Waals surface area contributed by atoms with Crippen molar-refractivity contribution in [2.24, 2.45) is 0 Å². The van der Waals surface area contributed by atoms with Gasteiger partial charge in [-0.3, -0.25) is 9.59 Å². The van der Waals surface area contributed by atoms with Crippen LogP contribution >= 0.6 is 11.6 Å². The Balaban J connectivity index is 1.69. The van der Waals surface area contributed by atoms with Gasteiger partial charge >= 0.3 is 0 Å². The highest BCUT2D eigenvalue weighted by Crippen LogP contribution is 2.10. The van der Waals surface area contributed by atoms with E-state index >= 15 is 0 Å². The van der Waals surface area contributed by atoms with Crippen LogP contribution in [-0.2, 0) is 16.0 Å². The van der Waals surface area contributed by atoms with Gasteiger partial charge in [-0.25, -0.2) is 0 Å². The van der Waals surface area contributed by atoms with Crippen LogP contribution in [0.2, 0.25) is 5.02 Å².